The topological polar surface area (TPSA) is 58.6 Å². The molecule has 2 aromatic carbocycles. The lowest BCUT2D eigenvalue weighted by Gasteiger charge is -2.29. The molecule has 4 rings (SSSR count). The van der Waals surface area contributed by atoms with Crippen LogP contribution in [0.1, 0.15) is 55.3 Å². The summed E-state index contributed by atoms with van der Waals surface area (Å²) >= 11 is 0. The number of carbonyl (C=O) groups excluding carboxylic acids is 2. The van der Waals surface area contributed by atoms with E-state index in [0.29, 0.717) is 13.2 Å². The average molecular weight is 392 g/mol. The minimum Gasteiger partial charge on any atom is -0.490 e. The first-order chi connectivity index (χ1) is 14.1. The highest BCUT2D eigenvalue weighted by atomic mass is 16.5. The van der Waals surface area contributed by atoms with Gasteiger partial charge < -0.3 is 15.0 Å². The van der Waals surface area contributed by atoms with Crippen molar-refractivity contribution in [2.75, 3.05) is 18.1 Å². The van der Waals surface area contributed by atoms with Gasteiger partial charge in [-0.25, -0.2) is 0 Å². The SMILES string of the molecule is CC(NC(=O)CCC(=O)N1CCOc2ccccc21)c1ccc2c(c1)CCCC2. The molecule has 152 valence electrons. The lowest BCUT2D eigenvalue weighted by atomic mass is 9.89. The molecular weight excluding hydrogens is 364 g/mol. The third-order valence-electron chi connectivity index (χ3n) is 5.85. The first-order valence-corrected chi connectivity index (χ1v) is 10.5. The Labute approximate surface area is 172 Å². The third kappa shape index (κ3) is 4.44. The molecule has 1 N–H and O–H groups in total. The van der Waals surface area contributed by atoms with Crippen LogP contribution in [-0.4, -0.2) is 25.0 Å². The van der Waals surface area contributed by atoms with E-state index in [4.69, 9.17) is 4.74 Å². The fraction of sp³-hybridized carbons (Fsp3) is 0.417. The van der Waals surface area contributed by atoms with Crippen LogP contribution >= 0.6 is 0 Å². The Hall–Kier alpha value is -2.82. The number of nitrogens with zero attached hydrogens (tertiary/aromatic N) is 1. The molecule has 1 atom stereocenters. The van der Waals surface area contributed by atoms with Crippen molar-refractivity contribution in [3.05, 3.63) is 59.2 Å². The molecule has 2 aliphatic rings. The zero-order chi connectivity index (χ0) is 20.2. The van der Waals surface area contributed by atoms with Crippen LogP contribution in [0.5, 0.6) is 5.75 Å². The molecule has 1 unspecified atom stereocenters. The van der Waals surface area contributed by atoms with Crippen LogP contribution in [0.3, 0.4) is 0 Å². The number of nitrogens with one attached hydrogen (secondary N) is 1. The number of amides is 2. The fourth-order valence-corrected chi connectivity index (χ4v) is 4.20. The molecule has 2 aromatic rings. The third-order valence-corrected chi connectivity index (χ3v) is 5.85. The van der Waals surface area contributed by atoms with Gasteiger partial charge in [0.2, 0.25) is 11.8 Å². The van der Waals surface area contributed by atoms with Gasteiger partial charge in [-0.2, -0.15) is 0 Å². The molecule has 5 heteroatoms. The Kier molecular flexibility index (Phi) is 5.84. The van der Waals surface area contributed by atoms with Gasteiger partial charge in [0.1, 0.15) is 12.4 Å². The van der Waals surface area contributed by atoms with E-state index >= 15 is 0 Å². The second-order valence-electron chi connectivity index (χ2n) is 7.89. The second kappa shape index (κ2) is 8.68. The van der Waals surface area contributed by atoms with Gasteiger partial charge in [0, 0.05) is 12.8 Å². The van der Waals surface area contributed by atoms with E-state index in [0.717, 1.165) is 29.8 Å². The van der Waals surface area contributed by atoms with Gasteiger partial charge >= 0.3 is 0 Å². The number of ether oxygens (including phenoxy) is 1. The monoisotopic (exact) mass is 392 g/mol. The number of benzene rings is 2. The van der Waals surface area contributed by atoms with Gasteiger partial charge in [-0.1, -0.05) is 30.3 Å². The van der Waals surface area contributed by atoms with E-state index in [1.807, 2.05) is 31.2 Å². The number of aryl methyl sites for hydroxylation is 2. The Morgan fingerprint density at radius 3 is 2.72 bits per heavy atom. The number of anilines is 1. The van der Waals surface area contributed by atoms with E-state index in [1.165, 1.54) is 24.0 Å². The molecule has 5 nitrogen and oxygen atoms in total. The van der Waals surface area contributed by atoms with Crippen LogP contribution in [-0.2, 0) is 22.4 Å². The first-order valence-electron chi connectivity index (χ1n) is 10.5. The van der Waals surface area contributed by atoms with Crippen molar-refractivity contribution in [1.29, 1.82) is 0 Å². The van der Waals surface area contributed by atoms with E-state index < -0.39 is 0 Å². The van der Waals surface area contributed by atoms with Crippen LogP contribution in [0.15, 0.2) is 42.5 Å². The lowest BCUT2D eigenvalue weighted by molar-refractivity contribution is -0.125. The number of para-hydroxylation sites is 2. The van der Waals surface area contributed by atoms with Crippen molar-refractivity contribution in [3.8, 4) is 5.75 Å². The normalized spacial score (nSPS) is 16.2. The largest absolute Gasteiger partial charge is 0.490 e. The van der Waals surface area contributed by atoms with Crippen molar-refractivity contribution < 1.29 is 14.3 Å². The quantitative estimate of drug-likeness (QED) is 0.838. The summed E-state index contributed by atoms with van der Waals surface area (Å²) in [7, 11) is 0. The summed E-state index contributed by atoms with van der Waals surface area (Å²) in [4.78, 5) is 26.8. The van der Waals surface area contributed by atoms with Crippen molar-refractivity contribution in [1.82, 2.24) is 5.32 Å². The maximum Gasteiger partial charge on any atom is 0.227 e. The number of rotatable bonds is 5. The molecule has 1 heterocycles. The summed E-state index contributed by atoms with van der Waals surface area (Å²) in [6.45, 7) is 3.00. The summed E-state index contributed by atoms with van der Waals surface area (Å²) in [6, 6.07) is 14.0. The van der Waals surface area contributed by atoms with Crippen LogP contribution in [0.25, 0.3) is 0 Å². The molecule has 0 saturated carbocycles. The standard InChI is InChI=1S/C24H28N2O3/c1-17(19-11-10-18-6-2-3-7-20(18)16-19)25-23(27)12-13-24(28)26-14-15-29-22-9-5-4-8-21(22)26/h4-5,8-11,16-17H,2-3,6-7,12-15H2,1H3,(H,25,27). The maximum atomic E-state index is 12.7. The average Bonchev–Trinajstić information content (AvgIpc) is 2.76. The zero-order valence-electron chi connectivity index (χ0n) is 16.9. The molecule has 1 aliphatic heterocycles. The predicted molar refractivity (Wildman–Crippen MR) is 113 cm³/mol. The molecule has 0 fully saturated rings. The van der Waals surface area contributed by atoms with E-state index in [-0.39, 0.29) is 30.7 Å². The van der Waals surface area contributed by atoms with Gasteiger partial charge in [0.15, 0.2) is 0 Å². The summed E-state index contributed by atoms with van der Waals surface area (Å²) in [5.41, 5.74) is 4.77. The van der Waals surface area contributed by atoms with Crippen LogP contribution in [0, 0.1) is 0 Å². The van der Waals surface area contributed by atoms with Crippen molar-refractivity contribution >= 4 is 17.5 Å². The van der Waals surface area contributed by atoms with Crippen LogP contribution in [0.2, 0.25) is 0 Å². The maximum absolute atomic E-state index is 12.7. The van der Waals surface area contributed by atoms with E-state index in [9.17, 15) is 9.59 Å². The lowest BCUT2D eigenvalue weighted by Crippen LogP contribution is -2.38. The number of carbonyl (C=O) groups is 2. The fourth-order valence-electron chi connectivity index (χ4n) is 4.20. The Balaban J connectivity index is 1.32. The van der Waals surface area contributed by atoms with E-state index in [2.05, 4.69) is 23.5 Å². The van der Waals surface area contributed by atoms with Crippen molar-refractivity contribution in [2.45, 2.75) is 51.5 Å². The summed E-state index contributed by atoms with van der Waals surface area (Å²) in [5, 5.41) is 3.05. The second-order valence-corrected chi connectivity index (χ2v) is 7.89. The number of hydrogen-bond acceptors (Lipinski definition) is 3. The summed E-state index contributed by atoms with van der Waals surface area (Å²) in [6.07, 6.45) is 5.16. The minimum absolute atomic E-state index is 0.0441. The highest BCUT2D eigenvalue weighted by Crippen LogP contribution is 2.31. The Morgan fingerprint density at radius 2 is 1.86 bits per heavy atom. The molecular formula is C24H28N2O3. The number of hydrogen-bond donors (Lipinski definition) is 1. The molecule has 0 spiro atoms. The Morgan fingerprint density at radius 1 is 1.07 bits per heavy atom. The first kappa shape index (κ1) is 19.5. The molecule has 0 radical (unpaired) electrons. The summed E-state index contributed by atoms with van der Waals surface area (Å²) < 4.78 is 5.60. The summed E-state index contributed by atoms with van der Waals surface area (Å²) in [5.74, 6) is 0.583. The van der Waals surface area contributed by atoms with Crippen LogP contribution in [0.4, 0.5) is 5.69 Å². The zero-order valence-corrected chi connectivity index (χ0v) is 16.9. The van der Waals surface area contributed by atoms with Crippen molar-refractivity contribution in [3.63, 3.8) is 0 Å². The van der Waals surface area contributed by atoms with Gasteiger partial charge in [-0.3, -0.25) is 9.59 Å². The van der Waals surface area contributed by atoms with Gasteiger partial charge in [0.25, 0.3) is 0 Å². The molecule has 0 saturated heterocycles. The molecule has 2 amide bonds. The van der Waals surface area contributed by atoms with Crippen molar-refractivity contribution in [2.24, 2.45) is 0 Å². The van der Waals surface area contributed by atoms with Gasteiger partial charge in [-0.15, -0.1) is 0 Å². The van der Waals surface area contributed by atoms with Crippen LogP contribution < -0.4 is 15.0 Å². The van der Waals surface area contributed by atoms with E-state index in [1.54, 1.807) is 4.90 Å². The molecule has 0 bridgehead atoms. The minimum atomic E-state index is -0.0925. The predicted octanol–water partition coefficient (Wildman–Crippen LogP) is 3.95. The molecule has 29 heavy (non-hydrogen) atoms. The highest BCUT2D eigenvalue weighted by molar-refractivity contribution is 5.97. The van der Waals surface area contributed by atoms with Gasteiger partial charge in [0.05, 0.1) is 18.3 Å². The number of fused-ring (bicyclic) bond motifs is 2. The molecule has 0 aromatic heterocycles. The molecule has 1 aliphatic carbocycles. The Bertz CT molecular complexity index is 909. The highest BCUT2D eigenvalue weighted by Gasteiger charge is 2.24. The smallest absolute Gasteiger partial charge is 0.227 e. The van der Waals surface area contributed by atoms with Gasteiger partial charge in [-0.05, 0) is 61.4 Å².